The highest BCUT2D eigenvalue weighted by Crippen LogP contribution is 2.58. The summed E-state index contributed by atoms with van der Waals surface area (Å²) in [5, 5.41) is 0. The molecule has 1 aromatic carbocycles. The number of benzene rings is 1. The van der Waals surface area contributed by atoms with Gasteiger partial charge in [0.2, 0.25) is 0 Å². The van der Waals surface area contributed by atoms with E-state index in [0.717, 1.165) is 12.0 Å². The maximum absolute atomic E-state index is 12.3. The quantitative estimate of drug-likeness (QED) is 0.726. The molecule has 1 aromatic rings. The number of allylic oxidation sites excluding steroid dienone is 4. The molecule has 0 atom stereocenters. The van der Waals surface area contributed by atoms with Crippen molar-refractivity contribution in [3.8, 4) is 0 Å². The van der Waals surface area contributed by atoms with E-state index in [9.17, 15) is 4.79 Å². The minimum Gasteiger partial charge on any atom is -0.294 e. The molecule has 2 fully saturated rings. The van der Waals surface area contributed by atoms with Crippen LogP contribution in [0, 0.1) is 5.41 Å². The fourth-order valence-corrected chi connectivity index (χ4v) is 4.21. The van der Waals surface area contributed by atoms with Crippen LogP contribution < -0.4 is 0 Å². The van der Waals surface area contributed by atoms with Crippen LogP contribution in [0.3, 0.4) is 0 Å². The van der Waals surface area contributed by atoms with Gasteiger partial charge in [-0.15, -0.1) is 0 Å². The molecule has 2 saturated carbocycles. The molecular weight excluding hydrogens is 232 g/mol. The van der Waals surface area contributed by atoms with E-state index >= 15 is 0 Å². The van der Waals surface area contributed by atoms with Gasteiger partial charge in [0.05, 0.1) is 0 Å². The van der Waals surface area contributed by atoms with Gasteiger partial charge in [-0.3, -0.25) is 4.79 Å². The van der Waals surface area contributed by atoms with Crippen LogP contribution in [0.1, 0.15) is 44.1 Å². The zero-order valence-corrected chi connectivity index (χ0v) is 11.1. The molecule has 0 aromatic heterocycles. The molecule has 4 rings (SSSR count). The van der Waals surface area contributed by atoms with E-state index in [1.165, 1.54) is 42.4 Å². The second-order valence-corrected chi connectivity index (χ2v) is 6.07. The molecule has 0 unspecified atom stereocenters. The summed E-state index contributed by atoms with van der Waals surface area (Å²) in [6, 6.07) is 10.6. The highest BCUT2D eigenvalue weighted by molar-refractivity contribution is 6.12. The van der Waals surface area contributed by atoms with Crippen LogP contribution in [0.25, 0.3) is 5.57 Å². The number of fused-ring (bicyclic) bond motifs is 1. The van der Waals surface area contributed by atoms with Gasteiger partial charge in [-0.2, -0.15) is 0 Å². The Balaban J connectivity index is 1.95. The Morgan fingerprint density at radius 1 is 0.947 bits per heavy atom. The summed E-state index contributed by atoms with van der Waals surface area (Å²) in [5.74, 6) is 0.369. The lowest BCUT2D eigenvalue weighted by Gasteiger charge is -2.26. The van der Waals surface area contributed by atoms with Crippen molar-refractivity contribution in [2.75, 3.05) is 0 Å². The van der Waals surface area contributed by atoms with Crippen molar-refractivity contribution in [3.63, 3.8) is 0 Å². The molecule has 3 aliphatic carbocycles. The summed E-state index contributed by atoms with van der Waals surface area (Å²) in [6.45, 7) is 0. The van der Waals surface area contributed by atoms with E-state index in [2.05, 4.69) is 36.4 Å². The van der Waals surface area contributed by atoms with Crippen LogP contribution in [-0.2, 0) is 4.79 Å². The third-order valence-electron chi connectivity index (χ3n) is 4.98. The molecule has 1 heteroatoms. The van der Waals surface area contributed by atoms with Crippen LogP contribution in [-0.4, -0.2) is 5.78 Å². The maximum Gasteiger partial charge on any atom is 0.163 e. The predicted octanol–water partition coefficient (Wildman–Crippen LogP) is 4.30. The summed E-state index contributed by atoms with van der Waals surface area (Å²) in [4.78, 5) is 12.3. The Labute approximate surface area is 114 Å². The van der Waals surface area contributed by atoms with Crippen molar-refractivity contribution in [1.29, 1.82) is 0 Å². The number of carbonyl (C=O) groups is 1. The van der Waals surface area contributed by atoms with Crippen molar-refractivity contribution >= 4 is 11.4 Å². The minimum absolute atomic E-state index is 0.183. The van der Waals surface area contributed by atoms with E-state index < -0.39 is 0 Å². The lowest BCUT2D eigenvalue weighted by molar-refractivity contribution is -0.114. The molecule has 3 aliphatic rings. The number of rotatable bonds is 1. The SMILES string of the molecule is O=C1CCC2=CC3(CCCC3)C(c3ccccc3)=C12. The summed E-state index contributed by atoms with van der Waals surface area (Å²) < 4.78 is 0. The van der Waals surface area contributed by atoms with Gasteiger partial charge in [0.25, 0.3) is 0 Å². The van der Waals surface area contributed by atoms with Crippen molar-refractivity contribution in [2.45, 2.75) is 38.5 Å². The van der Waals surface area contributed by atoms with Gasteiger partial charge in [-0.05, 0) is 36.0 Å². The van der Waals surface area contributed by atoms with Gasteiger partial charge < -0.3 is 0 Å². The van der Waals surface area contributed by atoms with Crippen LogP contribution in [0.5, 0.6) is 0 Å². The Hall–Kier alpha value is -1.63. The highest BCUT2D eigenvalue weighted by Gasteiger charge is 2.45. The molecule has 1 nitrogen and oxygen atoms in total. The molecule has 19 heavy (non-hydrogen) atoms. The zero-order valence-electron chi connectivity index (χ0n) is 11.1. The smallest absolute Gasteiger partial charge is 0.163 e. The van der Waals surface area contributed by atoms with Crippen LogP contribution in [0.15, 0.2) is 47.6 Å². The van der Waals surface area contributed by atoms with Crippen molar-refractivity contribution in [3.05, 3.63) is 53.1 Å². The summed E-state index contributed by atoms with van der Waals surface area (Å²) in [5.41, 5.74) is 5.21. The average Bonchev–Trinajstić information content (AvgIpc) is 3.11. The second-order valence-electron chi connectivity index (χ2n) is 6.07. The van der Waals surface area contributed by atoms with E-state index in [1.807, 2.05) is 0 Å². The number of hydrogen-bond donors (Lipinski definition) is 0. The Kier molecular flexibility index (Phi) is 2.32. The third kappa shape index (κ3) is 1.51. The first-order valence-corrected chi connectivity index (χ1v) is 7.36. The number of hydrogen-bond acceptors (Lipinski definition) is 1. The molecular formula is C18H18O. The normalized spacial score (nSPS) is 24.2. The second kappa shape index (κ2) is 3.93. The van der Waals surface area contributed by atoms with Crippen LogP contribution in [0.2, 0.25) is 0 Å². The molecule has 0 bridgehead atoms. The van der Waals surface area contributed by atoms with Crippen molar-refractivity contribution in [1.82, 2.24) is 0 Å². The first-order chi connectivity index (χ1) is 9.30. The molecule has 96 valence electrons. The fraction of sp³-hybridized carbons (Fsp3) is 0.389. The lowest BCUT2D eigenvalue weighted by atomic mass is 9.76. The predicted molar refractivity (Wildman–Crippen MR) is 76.6 cm³/mol. The largest absolute Gasteiger partial charge is 0.294 e. The third-order valence-corrected chi connectivity index (χ3v) is 4.98. The Morgan fingerprint density at radius 2 is 1.68 bits per heavy atom. The van der Waals surface area contributed by atoms with Gasteiger partial charge in [0.1, 0.15) is 0 Å². The monoisotopic (exact) mass is 250 g/mol. The van der Waals surface area contributed by atoms with Crippen molar-refractivity contribution in [2.24, 2.45) is 5.41 Å². The molecule has 0 heterocycles. The Morgan fingerprint density at radius 3 is 2.42 bits per heavy atom. The number of Topliss-reactive ketones (excluding diaryl/α,β-unsaturated/α-hetero) is 1. The van der Waals surface area contributed by atoms with Gasteiger partial charge in [0, 0.05) is 17.4 Å². The first-order valence-electron chi connectivity index (χ1n) is 7.36. The molecule has 0 saturated heterocycles. The molecule has 0 aliphatic heterocycles. The molecule has 0 N–H and O–H groups in total. The Bertz CT molecular complexity index is 598. The minimum atomic E-state index is 0.183. The number of ketones is 1. The average molecular weight is 250 g/mol. The topological polar surface area (TPSA) is 17.1 Å². The van der Waals surface area contributed by atoms with Crippen LogP contribution in [0.4, 0.5) is 0 Å². The first kappa shape index (κ1) is 11.2. The summed E-state index contributed by atoms with van der Waals surface area (Å²) in [6.07, 6.45) is 9.15. The van der Waals surface area contributed by atoms with E-state index in [1.54, 1.807) is 0 Å². The summed E-state index contributed by atoms with van der Waals surface area (Å²) >= 11 is 0. The highest BCUT2D eigenvalue weighted by atomic mass is 16.1. The van der Waals surface area contributed by atoms with E-state index in [0.29, 0.717) is 12.2 Å². The van der Waals surface area contributed by atoms with E-state index in [4.69, 9.17) is 0 Å². The fourth-order valence-electron chi connectivity index (χ4n) is 4.21. The van der Waals surface area contributed by atoms with Gasteiger partial charge in [0.15, 0.2) is 5.78 Å². The maximum atomic E-state index is 12.3. The zero-order chi connectivity index (χ0) is 12.9. The lowest BCUT2D eigenvalue weighted by Crippen LogP contribution is -2.15. The van der Waals surface area contributed by atoms with Gasteiger partial charge >= 0.3 is 0 Å². The molecule has 0 radical (unpaired) electrons. The van der Waals surface area contributed by atoms with Gasteiger partial charge in [-0.1, -0.05) is 49.2 Å². The number of carbonyl (C=O) groups excluding carboxylic acids is 1. The van der Waals surface area contributed by atoms with E-state index in [-0.39, 0.29) is 5.41 Å². The molecule has 1 spiro atoms. The molecule has 0 amide bonds. The van der Waals surface area contributed by atoms with Crippen molar-refractivity contribution < 1.29 is 4.79 Å². The van der Waals surface area contributed by atoms with Gasteiger partial charge in [-0.25, -0.2) is 0 Å². The summed E-state index contributed by atoms with van der Waals surface area (Å²) in [7, 11) is 0. The standard InChI is InChI=1S/C18H18O/c19-15-9-8-14-12-18(10-4-5-11-18)17(16(14)15)13-6-2-1-3-7-13/h1-3,6-7,12H,4-5,8-11H2. The van der Waals surface area contributed by atoms with Crippen LogP contribution >= 0.6 is 0 Å².